The Kier molecular flexibility index (Phi) is 6.81. The maximum atomic E-state index is 2.39. The fraction of sp³-hybridized carbons (Fsp3) is 0.0222. The van der Waals surface area contributed by atoms with Crippen molar-refractivity contribution >= 4 is 21.5 Å². The second-order valence-electron chi connectivity index (χ2n) is 11.8. The third kappa shape index (κ3) is 4.91. The van der Waals surface area contributed by atoms with Crippen molar-refractivity contribution in [2.45, 2.75) is 6.92 Å². The van der Waals surface area contributed by atoms with Gasteiger partial charge in [-0.15, -0.1) is 0 Å². The van der Waals surface area contributed by atoms with E-state index in [4.69, 9.17) is 0 Å². The van der Waals surface area contributed by atoms with Crippen LogP contribution in [0.2, 0.25) is 0 Å². The largest absolute Gasteiger partial charge is 0.0622 e. The van der Waals surface area contributed by atoms with E-state index in [0.29, 0.717) is 0 Å². The standard InChI is InChI=1S/C45H32/c1-31-23-24-38(37-18-12-17-36(29-37)34-27-25-33(26-28-34)32-13-4-2-5-14-32)30-43(31)45-41-21-10-8-19-39(41)44(35-15-6-3-7-16-35)40-20-9-11-22-42(40)45/h2-30H,1H3. The van der Waals surface area contributed by atoms with Gasteiger partial charge in [0.05, 0.1) is 0 Å². The lowest BCUT2D eigenvalue weighted by Crippen LogP contribution is -1.93. The van der Waals surface area contributed by atoms with Gasteiger partial charge < -0.3 is 0 Å². The molecule has 0 spiro atoms. The van der Waals surface area contributed by atoms with E-state index in [0.717, 1.165) is 0 Å². The molecule has 0 atom stereocenters. The summed E-state index contributed by atoms with van der Waals surface area (Å²) in [6, 6.07) is 63.9. The van der Waals surface area contributed by atoms with Gasteiger partial charge in [0.25, 0.3) is 0 Å². The summed E-state index contributed by atoms with van der Waals surface area (Å²) in [6.07, 6.45) is 0. The van der Waals surface area contributed by atoms with Gasteiger partial charge in [-0.25, -0.2) is 0 Å². The van der Waals surface area contributed by atoms with E-state index in [1.54, 1.807) is 0 Å². The minimum atomic E-state index is 1.22. The summed E-state index contributed by atoms with van der Waals surface area (Å²) in [5.41, 5.74) is 13.7. The fourth-order valence-corrected chi connectivity index (χ4v) is 6.77. The normalized spacial score (nSPS) is 11.2. The van der Waals surface area contributed by atoms with Crippen LogP contribution in [0.25, 0.3) is 77.2 Å². The number of hydrogen-bond acceptors (Lipinski definition) is 0. The molecule has 0 aromatic heterocycles. The molecule has 0 aliphatic heterocycles. The van der Waals surface area contributed by atoms with E-state index in [1.165, 1.54) is 82.7 Å². The molecule has 45 heavy (non-hydrogen) atoms. The summed E-state index contributed by atoms with van der Waals surface area (Å²) in [5, 5.41) is 5.12. The molecule has 0 heterocycles. The average molecular weight is 573 g/mol. The van der Waals surface area contributed by atoms with Crippen LogP contribution in [-0.2, 0) is 0 Å². The van der Waals surface area contributed by atoms with Crippen molar-refractivity contribution < 1.29 is 0 Å². The minimum absolute atomic E-state index is 1.22. The molecule has 0 aliphatic carbocycles. The smallest absolute Gasteiger partial charge is 0.00235 e. The lowest BCUT2D eigenvalue weighted by molar-refractivity contribution is 1.47. The summed E-state index contributed by atoms with van der Waals surface area (Å²) in [5.74, 6) is 0. The van der Waals surface area contributed by atoms with Gasteiger partial charge in [0.2, 0.25) is 0 Å². The van der Waals surface area contributed by atoms with Crippen molar-refractivity contribution in [3.05, 3.63) is 181 Å². The lowest BCUT2D eigenvalue weighted by atomic mass is 9.84. The molecule has 0 fully saturated rings. The first-order valence-corrected chi connectivity index (χ1v) is 15.6. The zero-order chi connectivity index (χ0) is 30.2. The molecule has 0 unspecified atom stereocenters. The summed E-state index contributed by atoms with van der Waals surface area (Å²) in [7, 11) is 0. The molecule has 0 nitrogen and oxygen atoms in total. The molecular formula is C45H32. The molecule has 0 saturated carbocycles. The van der Waals surface area contributed by atoms with E-state index >= 15 is 0 Å². The summed E-state index contributed by atoms with van der Waals surface area (Å²) < 4.78 is 0. The zero-order valence-electron chi connectivity index (χ0n) is 25.2. The van der Waals surface area contributed by atoms with Crippen LogP contribution in [0.1, 0.15) is 5.56 Å². The monoisotopic (exact) mass is 572 g/mol. The number of aryl methyl sites for hydroxylation is 1. The van der Waals surface area contributed by atoms with Gasteiger partial charge in [-0.2, -0.15) is 0 Å². The molecule has 8 rings (SSSR count). The van der Waals surface area contributed by atoms with Gasteiger partial charge in [0.1, 0.15) is 0 Å². The maximum absolute atomic E-state index is 2.39. The Labute approximate surface area is 264 Å². The summed E-state index contributed by atoms with van der Waals surface area (Å²) >= 11 is 0. The molecule has 0 saturated heterocycles. The van der Waals surface area contributed by atoms with Gasteiger partial charge >= 0.3 is 0 Å². The Morgan fingerprint density at radius 1 is 0.267 bits per heavy atom. The third-order valence-electron chi connectivity index (χ3n) is 9.02. The maximum Gasteiger partial charge on any atom is -0.00235 e. The Morgan fingerprint density at radius 3 is 1.22 bits per heavy atom. The van der Waals surface area contributed by atoms with Crippen LogP contribution < -0.4 is 0 Å². The first-order valence-electron chi connectivity index (χ1n) is 15.6. The predicted molar refractivity (Wildman–Crippen MR) is 193 cm³/mol. The Balaban J connectivity index is 1.27. The minimum Gasteiger partial charge on any atom is -0.0622 e. The Bertz CT molecular complexity index is 2240. The second-order valence-corrected chi connectivity index (χ2v) is 11.8. The lowest BCUT2D eigenvalue weighted by Gasteiger charge is -2.19. The van der Waals surface area contributed by atoms with Gasteiger partial charge in [-0.05, 0) is 102 Å². The predicted octanol–water partition coefficient (Wildman–Crippen LogP) is 12.6. The SMILES string of the molecule is Cc1ccc(-c2cccc(-c3ccc(-c4ccccc4)cc3)c2)cc1-c1c2ccccc2c(-c2ccccc2)c2ccccc12. The Morgan fingerprint density at radius 2 is 0.644 bits per heavy atom. The van der Waals surface area contributed by atoms with Crippen LogP contribution in [-0.4, -0.2) is 0 Å². The highest BCUT2D eigenvalue weighted by molar-refractivity contribution is 6.21. The van der Waals surface area contributed by atoms with Crippen LogP contribution in [0.3, 0.4) is 0 Å². The van der Waals surface area contributed by atoms with E-state index in [9.17, 15) is 0 Å². The molecular weight excluding hydrogens is 540 g/mol. The third-order valence-corrected chi connectivity index (χ3v) is 9.02. The van der Waals surface area contributed by atoms with Crippen LogP contribution in [0.15, 0.2) is 176 Å². The molecule has 212 valence electrons. The molecule has 8 aromatic carbocycles. The highest BCUT2D eigenvalue weighted by atomic mass is 14.2. The van der Waals surface area contributed by atoms with Crippen LogP contribution in [0, 0.1) is 6.92 Å². The van der Waals surface area contributed by atoms with E-state index in [1.807, 2.05) is 0 Å². The van der Waals surface area contributed by atoms with Crippen molar-refractivity contribution in [2.75, 3.05) is 0 Å². The number of fused-ring (bicyclic) bond motifs is 2. The topological polar surface area (TPSA) is 0 Å². The molecule has 0 aliphatic rings. The van der Waals surface area contributed by atoms with Crippen molar-refractivity contribution in [3.8, 4) is 55.6 Å². The molecule has 0 heteroatoms. The van der Waals surface area contributed by atoms with Crippen molar-refractivity contribution in [1.82, 2.24) is 0 Å². The van der Waals surface area contributed by atoms with Crippen LogP contribution in [0.5, 0.6) is 0 Å². The molecule has 0 amide bonds. The molecule has 0 N–H and O–H groups in total. The average Bonchev–Trinajstić information content (AvgIpc) is 3.12. The highest BCUT2D eigenvalue weighted by Gasteiger charge is 2.18. The zero-order valence-corrected chi connectivity index (χ0v) is 25.2. The van der Waals surface area contributed by atoms with Crippen molar-refractivity contribution in [2.24, 2.45) is 0 Å². The van der Waals surface area contributed by atoms with Crippen molar-refractivity contribution in [3.63, 3.8) is 0 Å². The summed E-state index contributed by atoms with van der Waals surface area (Å²) in [6.45, 7) is 2.23. The van der Waals surface area contributed by atoms with E-state index < -0.39 is 0 Å². The van der Waals surface area contributed by atoms with E-state index in [2.05, 4.69) is 183 Å². The fourth-order valence-electron chi connectivity index (χ4n) is 6.77. The number of rotatable bonds is 5. The first-order chi connectivity index (χ1) is 22.2. The van der Waals surface area contributed by atoms with Gasteiger partial charge in [0.15, 0.2) is 0 Å². The van der Waals surface area contributed by atoms with Gasteiger partial charge in [0, 0.05) is 0 Å². The number of hydrogen-bond donors (Lipinski definition) is 0. The summed E-state index contributed by atoms with van der Waals surface area (Å²) in [4.78, 5) is 0. The highest BCUT2D eigenvalue weighted by Crippen LogP contribution is 2.45. The van der Waals surface area contributed by atoms with E-state index in [-0.39, 0.29) is 0 Å². The number of benzene rings is 8. The molecule has 8 aromatic rings. The molecule has 0 radical (unpaired) electrons. The molecule has 0 bridgehead atoms. The van der Waals surface area contributed by atoms with Gasteiger partial charge in [-0.1, -0.05) is 164 Å². The first kappa shape index (κ1) is 26.9. The quantitative estimate of drug-likeness (QED) is 0.180. The van der Waals surface area contributed by atoms with Crippen LogP contribution >= 0.6 is 0 Å². The Hall–Kier alpha value is -5.72. The second kappa shape index (κ2) is 11.4. The van der Waals surface area contributed by atoms with Gasteiger partial charge in [-0.3, -0.25) is 0 Å². The van der Waals surface area contributed by atoms with Crippen LogP contribution in [0.4, 0.5) is 0 Å². The van der Waals surface area contributed by atoms with Crippen molar-refractivity contribution in [1.29, 1.82) is 0 Å².